The van der Waals surface area contributed by atoms with Crippen LogP contribution < -0.4 is 9.47 Å². The Morgan fingerprint density at radius 2 is 1.65 bits per heavy atom. The fourth-order valence-electron chi connectivity index (χ4n) is 3.39. The van der Waals surface area contributed by atoms with E-state index in [1.165, 1.54) is 49.6 Å². The van der Waals surface area contributed by atoms with Gasteiger partial charge >= 0.3 is 5.69 Å². The lowest BCUT2D eigenvalue weighted by atomic mass is 10.1. The second-order valence-electron chi connectivity index (χ2n) is 7.57. The Hall–Kier alpha value is -4.78. The zero-order valence-corrected chi connectivity index (χ0v) is 19.8. The van der Waals surface area contributed by atoms with Gasteiger partial charge in [-0.05, 0) is 59.3 Å². The van der Waals surface area contributed by atoms with Gasteiger partial charge in [-0.3, -0.25) is 34.7 Å². The average Bonchev–Trinajstić information content (AvgIpc) is 3.13. The predicted molar refractivity (Wildman–Crippen MR) is 131 cm³/mol. The summed E-state index contributed by atoms with van der Waals surface area (Å²) in [7, 11) is 1.34. The van der Waals surface area contributed by atoms with E-state index in [0.717, 1.165) is 34.9 Å². The number of rotatable bonds is 8. The summed E-state index contributed by atoms with van der Waals surface area (Å²) in [5.41, 5.74) is 0.00744. The molecule has 0 aromatic heterocycles. The summed E-state index contributed by atoms with van der Waals surface area (Å²) in [6, 6.07) is 12.9. The van der Waals surface area contributed by atoms with E-state index in [0.29, 0.717) is 11.1 Å². The van der Waals surface area contributed by atoms with Crippen LogP contribution in [-0.4, -0.2) is 33.0 Å². The van der Waals surface area contributed by atoms with Crippen molar-refractivity contribution in [3.05, 3.63) is 103 Å². The highest BCUT2D eigenvalue weighted by Crippen LogP contribution is 2.39. The highest BCUT2D eigenvalue weighted by Gasteiger charge is 2.35. The van der Waals surface area contributed by atoms with E-state index < -0.39 is 38.2 Å². The van der Waals surface area contributed by atoms with Gasteiger partial charge in [-0.15, -0.1) is 0 Å². The van der Waals surface area contributed by atoms with Gasteiger partial charge in [0, 0.05) is 6.07 Å². The molecule has 0 atom stereocenters. The van der Waals surface area contributed by atoms with Crippen LogP contribution in [0.2, 0.25) is 0 Å². The number of benzene rings is 3. The van der Waals surface area contributed by atoms with Gasteiger partial charge in [0.25, 0.3) is 16.8 Å². The molecular weight excluding hydrogens is 509 g/mol. The standard InChI is InChI=1S/C24H16FN3O8S/c1-35-21-10-15(4-8-20(21)36-19-9-7-17(27(31)32)12-18(19)28(33)34)11-22-23(29)26(24(30)37-22)13-14-2-5-16(25)6-3-14/h2-12H,13H2,1H3/b22-11+. The molecular formula is C24H16FN3O8S. The second-order valence-corrected chi connectivity index (χ2v) is 8.57. The molecule has 11 nitrogen and oxygen atoms in total. The maximum atomic E-state index is 13.1. The number of amides is 2. The highest BCUT2D eigenvalue weighted by atomic mass is 32.2. The maximum absolute atomic E-state index is 13.1. The van der Waals surface area contributed by atoms with Gasteiger partial charge in [0.15, 0.2) is 11.5 Å². The molecule has 1 aliphatic rings. The van der Waals surface area contributed by atoms with Crippen LogP contribution in [0.4, 0.5) is 20.6 Å². The van der Waals surface area contributed by atoms with Crippen molar-refractivity contribution < 1.29 is 33.3 Å². The van der Waals surface area contributed by atoms with Crippen LogP contribution in [0.15, 0.2) is 65.6 Å². The molecule has 0 N–H and O–H groups in total. The number of ether oxygens (including phenoxy) is 2. The number of nitro benzene ring substituents is 2. The van der Waals surface area contributed by atoms with Gasteiger partial charge in [0.1, 0.15) is 5.82 Å². The second kappa shape index (κ2) is 10.5. The summed E-state index contributed by atoms with van der Waals surface area (Å²) in [6.07, 6.45) is 1.48. The SMILES string of the molecule is COc1cc(/C=C2/SC(=O)N(Cc3ccc(F)cc3)C2=O)ccc1Oc1ccc([N+](=O)[O-])cc1[N+](=O)[O-]. The van der Waals surface area contributed by atoms with Crippen molar-refractivity contribution in [2.24, 2.45) is 0 Å². The molecule has 13 heteroatoms. The molecule has 0 saturated carbocycles. The van der Waals surface area contributed by atoms with Gasteiger partial charge in [-0.1, -0.05) is 18.2 Å². The molecule has 0 bridgehead atoms. The van der Waals surface area contributed by atoms with Crippen molar-refractivity contribution >= 4 is 40.4 Å². The Morgan fingerprint density at radius 3 is 2.30 bits per heavy atom. The van der Waals surface area contributed by atoms with Crippen molar-refractivity contribution in [2.45, 2.75) is 6.54 Å². The topological polar surface area (TPSA) is 142 Å². The van der Waals surface area contributed by atoms with E-state index in [4.69, 9.17) is 9.47 Å². The van der Waals surface area contributed by atoms with E-state index in [1.807, 2.05) is 0 Å². The fraction of sp³-hybridized carbons (Fsp3) is 0.0833. The molecule has 2 amide bonds. The average molecular weight is 525 g/mol. The Morgan fingerprint density at radius 1 is 0.946 bits per heavy atom. The summed E-state index contributed by atoms with van der Waals surface area (Å²) in [6.45, 7) is -0.00754. The van der Waals surface area contributed by atoms with Gasteiger partial charge in [0.2, 0.25) is 5.75 Å². The van der Waals surface area contributed by atoms with E-state index in [1.54, 1.807) is 6.07 Å². The number of imide groups is 1. The minimum Gasteiger partial charge on any atom is -0.493 e. The minimum absolute atomic E-state index is 0.00754. The van der Waals surface area contributed by atoms with E-state index in [-0.39, 0.29) is 28.7 Å². The van der Waals surface area contributed by atoms with Crippen LogP contribution in [0.5, 0.6) is 17.2 Å². The van der Waals surface area contributed by atoms with Crippen LogP contribution in [0.1, 0.15) is 11.1 Å². The molecule has 1 aliphatic heterocycles. The first-order valence-corrected chi connectivity index (χ1v) is 11.3. The van der Waals surface area contributed by atoms with E-state index >= 15 is 0 Å². The Kier molecular flexibility index (Phi) is 7.15. The smallest absolute Gasteiger partial charge is 0.318 e. The summed E-state index contributed by atoms with van der Waals surface area (Å²) in [4.78, 5) is 47.2. The third kappa shape index (κ3) is 5.56. The number of methoxy groups -OCH3 is 1. The number of non-ortho nitro benzene ring substituents is 1. The molecule has 188 valence electrons. The van der Waals surface area contributed by atoms with Crippen molar-refractivity contribution in [1.29, 1.82) is 0 Å². The largest absolute Gasteiger partial charge is 0.493 e. The molecule has 0 aliphatic carbocycles. The molecule has 1 fully saturated rings. The number of halogens is 1. The molecule has 1 heterocycles. The minimum atomic E-state index is -0.800. The number of carbonyl (C=O) groups excluding carboxylic acids is 2. The van der Waals surface area contributed by atoms with Crippen molar-refractivity contribution in [1.82, 2.24) is 4.90 Å². The highest BCUT2D eigenvalue weighted by molar-refractivity contribution is 8.18. The third-order valence-electron chi connectivity index (χ3n) is 5.18. The van der Waals surface area contributed by atoms with Crippen molar-refractivity contribution in [2.75, 3.05) is 7.11 Å². The Labute approximate surface area is 212 Å². The predicted octanol–water partition coefficient (Wildman–Crippen LogP) is 5.68. The molecule has 3 aromatic rings. The molecule has 0 unspecified atom stereocenters. The number of hydrogen-bond acceptors (Lipinski definition) is 9. The van der Waals surface area contributed by atoms with Crippen molar-refractivity contribution in [3.8, 4) is 17.2 Å². The first kappa shape index (κ1) is 25.3. The molecule has 0 radical (unpaired) electrons. The zero-order chi connectivity index (χ0) is 26.7. The van der Waals surface area contributed by atoms with Gasteiger partial charge in [-0.25, -0.2) is 4.39 Å². The molecule has 1 saturated heterocycles. The lowest BCUT2D eigenvalue weighted by Gasteiger charge is -2.12. The van der Waals surface area contributed by atoms with Crippen LogP contribution in [0.3, 0.4) is 0 Å². The summed E-state index contributed by atoms with van der Waals surface area (Å²) in [5.74, 6) is -0.931. The summed E-state index contributed by atoms with van der Waals surface area (Å²) >= 11 is 0.751. The fourth-order valence-corrected chi connectivity index (χ4v) is 4.22. The lowest BCUT2D eigenvalue weighted by molar-refractivity contribution is -0.394. The molecule has 3 aromatic carbocycles. The van der Waals surface area contributed by atoms with Crippen molar-refractivity contribution in [3.63, 3.8) is 0 Å². The number of nitrogens with zero attached hydrogens (tertiary/aromatic N) is 3. The van der Waals surface area contributed by atoms with Gasteiger partial charge in [-0.2, -0.15) is 0 Å². The monoisotopic (exact) mass is 525 g/mol. The molecule has 4 rings (SSSR count). The number of hydrogen-bond donors (Lipinski definition) is 0. The normalized spacial score (nSPS) is 14.2. The molecule has 0 spiro atoms. The maximum Gasteiger partial charge on any atom is 0.318 e. The Balaban J connectivity index is 1.57. The first-order valence-electron chi connectivity index (χ1n) is 10.4. The Bertz CT molecular complexity index is 1460. The van der Waals surface area contributed by atoms with Crippen LogP contribution >= 0.6 is 11.8 Å². The first-order chi connectivity index (χ1) is 17.7. The molecule has 37 heavy (non-hydrogen) atoms. The van der Waals surface area contributed by atoms with Crippen LogP contribution in [0.25, 0.3) is 6.08 Å². The number of carbonyl (C=O) groups is 2. The van der Waals surface area contributed by atoms with Crippen LogP contribution in [-0.2, 0) is 11.3 Å². The number of nitro groups is 2. The number of thioether (sulfide) groups is 1. The van der Waals surface area contributed by atoms with Gasteiger partial charge in [0.05, 0.1) is 34.5 Å². The third-order valence-corrected chi connectivity index (χ3v) is 6.09. The summed E-state index contributed by atoms with van der Waals surface area (Å²) < 4.78 is 24.1. The lowest BCUT2D eigenvalue weighted by Crippen LogP contribution is -2.27. The summed E-state index contributed by atoms with van der Waals surface area (Å²) in [5, 5.41) is 21.9. The van der Waals surface area contributed by atoms with E-state index in [9.17, 15) is 34.2 Å². The van der Waals surface area contributed by atoms with Crippen LogP contribution in [0, 0.1) is 26.0 Å². The van der Waals surface area contributed by atoms with Gasteiger partial charge < -0.3 is 9.47 Å². The van der Waals surface area contributed by atoms with E-state index in [2.05, 4.69) is 0 Å². The zero-order valence-electron chi connectivity index (χ0n) is 19.0. The quantitative estimate of drug-likeness (QED) is 0.206.